The van der Waals surface area contributed by atoms with Crippen LogP contribution in [-0.4, -0.2) is 24.1 Å². The Hall–Kier alpha value is -1.79. The first-order valence-corrected chi connectivity index (χ1v) is 11.8. The lowest BCUT2D eigenvalue weighted by Crippen LogP contribution is -2.31. The van der Waals surface area contributed by atoms with Crippen molar-refractivity contribution in [2.24, 2.45) is 5.92 Å². The van der Waals surface area contributed by atoms with Crippen molar-refractivity contribution >= 4 is 34.9 Å². The van der Waals surface area contributed by atoms with E-state index in [0.717, 1.165) is 16.3 Å². The van der Waals surface area contributed by atoms with Crippen LogP contribution in [0.4, 0.5) is 0 Å². The van der Waals surface area contributed by atoms with Gasteiger partial charge in [-0.1, -0.05) is 37.5 Å². The van der Waals surface area contributed by atoms with Crippen molar-refractivity contribution in [3.63, 3.8) is 0 Å². The third kappa shape index (κ3) is 6.11. The Balaban J connectivity index is 1.51. The van der Waals surface area contributed by atoms with Gasteiger partial charge in [0.1, 0.15) is 0 Å². The molecule has 1 unspecified atom stereocenters. The average Bonchev–Trinajstić information content (AvgIpc) is 3.27. The van der Waals surface area contributed by atoms with Crippen LogP contribution in [-0.2, 0) is 4.79 Å². The number of benzene rings is 1. The van der Waals surface area contributed by atoms with Gasteiger partial charge in [0, 0.05) is 16.3 Å². The van der Waals surface area contributed by atoms with Crippen molar-refractivity contribution in [2.75, 3.05) is 12.3 Å². The molecule has 1 aromatic carbocycles. The minimum atomic E-state index is -0.105. The zero-order valence-electron chi connectivity index (χ0n) is 16.3. The molecule has 0 spiro atoms. The van der Waals surface area contributed by atoms with E-state index in [0.29, 0.717) is 17.2 Å². The summed E-state index contributed by atoms with van der Waals surface area (Å²) in [5.74, 6) is 0.890. The third-order valence-electron chi connectivity index (χ3n) is 5.12. The summed E-state index contributed by atoms with van der Waals surface area (Å²) < 4.78 is 0. The van der Waals surface area contributed by atoms with E-state index < -0.39 is 0 Å². The summed E-state index contributed by atoms with van der Waals surface area (Å²) in [7, 11) is 0. The maximum Gasteiger partial charge on any atom is 0.252 e. The number of thiophene rings is 1. The average molecular weight is 417 g/mol. The van der Waals surface area contributed by atoms with Crippen LogP contribution in [0.5, 0.6) is 0 Å². The maximum absolute atomic E-state index is 12.7. The van der Waals surface area contributed by atoms with Crippen LogP contribution in [0.3, 0.4) is 0 Å². The Morgan fingerprint density at radius 2 is 1.93 bits per heavy atom. The molecule has 28 heavy (non-hydrogen) atoms. The van der Waals surface area contributed by atoms with Crippen molar-refractivity contribution < 1.29 is 9.59 Å². The summed E-state index contributed by atoms with van der Waals surface area (Å²) >= 11 is 3.06. The van der Waals surface area contributed by atoms with Crippen molar-refractivity contribution in [3.8, 4) is 0 Å². The normalized spacial score (nSPS) is 15.8. The molecule has 1 heterocycles. The quantitative estimate of drug-likeness (QED) is 0.594. The number of amides is 2. The van der Waals surface area contributed by atoms with Gasteiger partial charge in [0.25, 0.3) is 5.91 Å². The van der Waals surface area contributed by atoms with Gasteiger partial charge in [0.05, 0.1) is 17.4 Å². The van der Waals surface area contributed by atoms with Crippen molar-refractivity contribution in [2.45, 2.75) is 50.0 Å². The van der Waals surface area contributed by atoms with Crippen LogP contribution in [0.1, 0.15) is 60.3 Å². The Bertz CT molecular complexity index is 771. The van der Waals surface area contributed by atoms with E-state index in [-0.39, 0.29) is 17.9 Å². The molecule has 1 aliphatic carbocycles. The number of hydrogen-bond acceptors (Lipinski definition) is 4. The molecule has 2 aromatic rings. The van der Waals surface area contributed by atoms with Gasteiger partial charge in [0.2, 0.25) is 5.91 Å². The molecular weight excluding hydrogens is 388 g/mol. The zero-order chi connectivity index (χ0) is 19.8. The Morgan fingerprint density at radius 1 is 1.14 bits per heavy atom. The molecule has 2 N–H and O–H groups in total. The Morgan fingerprint density at radius 3 is 2.68 bits per heavy atom. The third-order valence-corrected chi connectivity index (χ3v) is 7.25. The number of carbonyl (C=O) groups excluding carboxylic acids is 2. The monoisotopic (exact) mass is 416 g/mol. The highest BCUT2D eigenvalue weighted by Gasteiger charge is 2.17. The Kier molecular flexibility index (Phi) is 7.98. The van der Waals surface area contributed by atoms with Gasteiger partial charge in [-0.3, -0.25) is 9.59 Å². The van der Waals surface area contributed by atoms with Crippen molar-refractivity contribution in [1.29, 1.82) is 0 Å². The second-order valence-corrected chi connectivity index (χ2v) is 9.30. The molecule has 4 nitrogen and oxygen atoms in total. The van der Waals surface area contributed by atoms with E-state index in [1.54, 1.807) is 11.3 Å². The topological polar surface area (TPSA) is 58.2 Å². The fourth-order valence-electron chi connectivity index (χ4n) is 3.51. The fourth-order valence-corrected chi connectivity index (χ4v) is 5.12. The molecular formula is C22H28N2O2S2. The predicted octanol–water partition coefficient (Wildman–Crippen LogP) is 5.03. The zero-order valence-corrected chi connectivity index (χ0v) is 17.9. The summed E-state index contributed by atoms with van der Waals surface area (Å²) in [5, 5.41) is 8.12. The van der Waals surface area contributed by atoms with Gasteiger partial charge in [-0.05, 0) is 49.3 Å². The minimum absolute atomic E-state index is 0.0376. The maximum atomic E-state index is 12.7. The molecule has 1 aliphatic rings. The largest absolute Gasteiger partial charge is 0.355 e. The lowest BCUT2D eigenvalue weighted by molar-refractivity contribution is -0.118. The van der Waals surface area contributed by atoms with E-state index >= 15 is 0 Å². The lowest BCUT2D eigenvalue weighted by Gasteiger charge is -2.21. The molecule has 1 saturated carbocycles. The van der Waals surface area contributed by atoms with Gasteiger partial charge in [0.15, 0.2) is 0 Å². The van der Waals surface area contributed by atoms with Crippen LogP contribution in [0.15, 0.2) is 46.7 Å². The van der Waals surface area contributed by atoms with Crippen LogP contribution in [0.2, 0.25) is 0 Å². The second-order valence-electron chi connectivity index (χ2n) is 7.30. The molecule has 0 radical (unpaired) electrons. The first-order valence-electron chi connectivity index (χ1n) is 9.96. The predicted molar refractivity (Wildman–Crippen MR) is 117 cm³/mol. The molecule has 2 amide bonds. The minimum Gasteiger partial charge on any atom is -0.355 e. The van der Waals surface area contributed by atoms with Crippen LogP contribution in [0, 0.1) is 5.92 Å². The molecule has 3 rings (SSSR count). The molecule has 150 valence electrons. The van der Waals surface area contributed by atoms with Crippen LogP contribution < -0.4 is 10.6 Å². The van der Waals surface area contributed by atoms with E-state index in [2.05, 4.69) is 10.6 Å². The summed E-state index contributed by atoms with van der Waals surface area (Å²) in [6.45, 7) is 2.76. The molecule has 0 saturated heterocycles. The number of carbonyl (C=O) groups is 2. The first-order chi connectivity index (χ1) is 13.6. The second kappa shape index (κ2) is 10.7. The molecule has 6 heteroatoms. The number of hydrogen-bond donors (Lipinski definition) is 2. The molecule has 1 atom stereocenters. The summed E-state index contributed by atoms with van der Waals surface area (Å²) in [6, 6.07) is 11.5. The fraction of sp³-hybridized carbons (Fsp3) is 0.455. The van der Waals surface area contributed by atoms with E-state index in [9.17, 15) is 9.59 Å². The van der Waals surface area contributed by atoms with Gasteiger partial charge < -0.3 is 10.6 Å². The molecule has 1 fully saturated rings. The van der Waals surface area contributed by atoms with Crippen molar-refractivity contribution in [1.82, 2.24) is 10.6 Å². The van der Waals surface area contributed by atoms with Gasteiger partial charge in [-0.25, -0.2) is 0 Å². The van der Waals surface area contributed by atoms with E-state index in [1.807, 2.05) is 48.7 Å². The Labute approximate surface area is 175 Å². The van der Waals surface area contributed by atoms with Crippen molar-refractivity contribution in [3.05, 3.63) is 52.2 Å². The van der Waals surface area contributed by atoms with Gasteiger partial charge in [-0.2, -0.15) is 0 Å². The molecule has 1 aromatic heterocycles. The highest BCUT2D eigenvalue weighted by atomic mass is 32.2. The van der Waals surface area contributed by atoms with Gasteiger partial charge in [-0.15, -0.1) is 23.1 Å². The molecule has 0 aliphatic heterocycles. The standard InChI is InChI=1S/C22H28N2O2S2/c1-16(19-12-7-13-27-19)24-22(26)18-10-5-6-11-20(18)28-15-21(25)23-14-17-8-3-2-4-9-17/h5-7,10-13,16-17H,2-4,8-9,14-15H2,1H3,(H,23,25)(H,24,26). The van der Waals surface area contributed by atoms with Crippen LogP contribution >= 0.6 is 23.1 Å². The smallest absolute Gasteiger partial charge is 0.252 e. The van der Waals surface area contributed by atoms with Gasteiger partial charge >= 0.3 is 0 Å². The van der Waals surface area contributed by atoms with E-state index in [4.69, 9.17) is 0 Å². The first kappa shape index (κ1) is 20.9. The highest BCUT2D eigenvalue weighted by Crippen LogP contribution is 2.25. The number of rotatable bonds is 8. The summed E-state index contributed by atoms with van der Waals surface area (Å²) in [4.78, 5) is 26.9. The number of thioether (sulfide) groups is 1. The highest BCUT2D eigenvalue weighted by molar-refractivity contribution is 8.00. The number of nitrogens with one attached hydrogen (secondary N) is 2. The van der Waals surface area contributed by atoms with E-state index in [1.165, 1.54) is 43.9 Å². The molecule has 0 bridgehead atoms. The van der Waals surface area contributed by atoms with Crippen LogP contribution in [0.25, 0.3) is 0 Å². The summed E-state index contributed by atoms with van der Waals surface area (Å²) in [6.07, 6.45) is 6.32. The SMILES string of the molecule is CC(NC(=O)c1ccccc1SCC(=O)NCC1CCCCC1)c1cccs1. The lowest BCUT2D eigenvalue weighted by atomic mass is 9.89. The summed E-state index contributed by atoms with van der Waals surface area (Å²) in [5.41, 5.74) is 0.621.